The predicted molar refractivity (Wildman–Crippen MR) is 123 cm³/mol. The topological polar surface area (TPSA) is 167 Å². The first-order valence-corrected chi connectivity index (χ1v) is 11.2. The Labute approximate surface area is 185 Å². The highest BCUT2D eigenvalue weighted by atomic mass is 32.2. The van der Waals surface area contributed by atoms with E-state index in [2.05, 4.69) is 0 Å². The van der Waals surface area contributed by atoms with E-state index in [1.54, 1.807) is 24.3 Å². The molecular weight excluding hydrogens is 430 g/mol. The van der Waals surface area contributed by atoms with Crippen molar-refractivity contribution < 1.29 is 23.1 Å². The smallest absolute Gasteiger partial charge is 0.335 e. The molecule has 0 spiro atoms. The molecule has 0 saturated heterocycles. The van der Waals surface area contributed by atoms with Gasteiger partial charge in [0.15, 0.2) is 0 Å². The maximum Gasteiger partial charge on any atom is 0.335 e. The number of nitrogens with two attached hydrogens (primary N) is 3. The zero-order valence-corrected chi connectivity index (χ0v) is 18.3. The summed E-state index contributed by atoms with van der Waals surface area (Å²) in [5.74, 6) is -1.76. The number of rotatable bonds is 6. The van der Waals surface area contributed by atoms with Crippen LogP contribution in [0, 0.1) is 0 Å². The first-order chi connectivity index (χ1) is 14.9. The third-order valence-electron chi connectivity index (χ3n) is 5.17. The molecule has 0 saturated carbocycles. The first-order valence-electron chi connectivity index (χ1n) is 9.64. The molecule has 3 rings (SSSR count). The second kappa shape index (κ2) is 8.45. The summed E-state index contributed by atoms with van der Waals surface area (Å²) in [6, 6.07) is 13.9. The van der Waals surface area contributed by atoms with E-state index in [4.69, 9.17) is 16.6 Å². The van der Waals surface area contributed by atoms with Crippen LogP contribution >= 0.6 is 0 Å². The number of hydrogen-bond donors (Lipinski definition) is 4. The van der Waals surface area contributed by atoms with E-state index in [-0.39, 0.29) is 27.6 Å². The summed E-state index contributed by atoms with van der Waals surface area (Å²) in [5, 5.41) is 14.5. The van der Waals surface area contributed by atoms with Gasteiger partial charge in [-0.1, -0.05) is 32.0 Å². The fourth-order valence-corrected chi connectivity index (χ4v) is 4.03. The van der Waals surface area contributed by atoms with Gasteiger partial charge in [0.25, 0.3) is 5.91 Å². The highest BCUT2D eigenvalue weighted by Crippen LogP contribution is 2.37. The molecule has 0 aliphatic carbocycles. The number of sulfonamides is 1. The Morgan fingerprint density at radius 3 is 2.03 bits per heavy atom. The lowest BCUT2D eigenvalue weighted by atomic mass is 9.88. The molecule has 0 atom stereocenters. The van der Waals surface area contributed by atoms with Crippen LogP contribution in [0.15, 0.2) is 59.5 Å². The van der Waals surface area contributed by atoms with Crippen molar-refractivity contribution in [3.05, 3.63) is 71.3 Å². The normalized spacial score (nSPS) is 11.5. The van der Waals surface area contributed by atoms with Crippen molar-refractivity contribution in [2.75, 3.05) is 5.73 Å². The molecule has 1 amide bonds. The van der Waals surface area contributed by atoms with Crippen molar-refractivity contribution in [3.8, 4) is 22.3 Å². The number of primary sulfonamides is 1. The summed E-state index contributed by atoms with van der Waals surface area (Å²) in [4.78, 5) is 23.5. The largest absolute Gasteiger partial charge is 0.478 e. The van der Waals surface area contributed by atoms with E-state index in [1.165, 1.54) is 30.3 Å². The number of benzene rings is 3. The number of aromatic carboxylic acids is 1. The SMILES string of the molecule is CC(C)c1cc(C(=O)O)ccc1-c1cc(C(N)=O)c(N)c(-c2ccc(S(N)(=O)=O)cc2)c1. The van der Waals surface area contributed by atoms with Gasteiger partial charge in [-0.25, -0.2) is 18.4 Å². The molecule has 0 radical (unpaired) electrons. The Hall–Kier alpha value is -3.69. The number of nitrogen functional groups attached to an aromatic ring is 1. The number of carbonyl (C=O) groups is 2. The van der Waals surface area contributed by atoms with Crippen LogP contribution in [0.3, 0.4) is 0 Å². The molecule has 7 N–H and O–H groups in total. The molecule has 0 aliphatic heterocycles. The summed E-state index contributed by atoms with van der Waals surface area (Å²) in [5.41, 5.74) is 15.4. The van der Waals surface area contributed by atoms with E-state index < -0.39 is 21.9 Å². The average molecular weight is 454 g/mol. The van der Waals surface area contributed by atoms with Crippen molar-refractivity contribution in [1.29, 1.82) is 0 Å². The van der Waals surface area contributed by atoms with Gasteiger partial charge in [0.1, 0.15) is 0 Å². The maximum atomic E-state index is 12.1. The summed E-state index contributed by atoms with van der Waals surface area (Å²) in [6.07, 6.45) is 0. The number of carboxylic acids is 1. The van der Waals surface area contributed by atoms with Gasteiger partial charge in [0, 0.05) is 5.56 Å². The molecule has 0 bridgehead atoms. The van der Waals surface area contributed by atoms with Crippen LogP contribution in [0.4, 0.5) is 5.69 Å². The number of primary amides is 1. The van der Waals surface area contributed by atoms with Gasteiger partial charge in [0.2, 0.25) is 10.0 Å². The first kappa shape index (κ1) is 23.0. The van der Waals surface area contributed by atoms with Gasteiger partial charge in [-0.3, -0.25) is 4.79 Å². The fourth-order valence-electron chi connectivity index (χ4n) is 3.51. The van der Waals surface area contributed by atoms with Crippen molar-refractivity contribution in [2.45, 2.75) is 24.7 Å². The van der Waals surface area contributed by atoms with Crippen molar-refractivity contribution >= 4 is 27.6 Å². The van der Waals surface area contributed by atoms with Crippen molar-refractivity contribution in [1.82, 2.24) is 0 Å². The minimum Gasteiger partial charge on any atom is -0.478 e. The predicted octanol–water partition coefficient (Wildman–Crippen LogP) is 3.17. The highest BCUT2D eigenvalue weighted by molar-refractivity contribution is 7.89. The van der Waals surface area contributed by atoms with Crippen LogP contribution in [0.2, 0.25) is 0 Å². The fraction of sp³-hybridized carbons (Fsp3) is 0.130. The van der Waals surface area contributed by atoms with Crippen LogP contribution in [-0.4, -0.2) is 25.4 Å². The second-order valence-electron chi connectivity index (χ2n) is 7.68. The van der Waals surface area contributed by atoms with Gasteiger partial charge < -0.3 is 16.6 Å². The summed E-state index contributed by atoms with van der Waals surface area (Å²) < 4.78 is 23.1. The molecule has 3 aromatic carbocycles. The second-order valence-corrected chi connectivity index (χ2v) is 9.24. The molecule has 3 aromatic rings. The molecule has 0 fully saturated rings. The van der Waals surface area contributed by atoms with Gasteiger partial charge >= 0.3 is 5.97 Å². The number of amides is 1. The Balaban J connectivity index is 2.27. The molecule has 9 heteroatoms. The Morgan fingerprint density at radius 2 is 1.53 bits per heavy atom. The van der Waals surface area contributed by atoms with E-state index in [0.717, 1.165) is 11.1 Å². The summed E-state index contributed by atoms with van der Waals surface area (Å²) in [6.45, 7) is 3.87. The van der Waals surface area contributed by atoms with Crippen LogP contribution in [0.1, 0.15) is 46.0 Å². The number of anilines is 1. The summed E-state index contributed by atoms with van der Waals surface area (Å²) in [7, 11) is -3.86. The molecule has 0 aromatic heterocycles. The number of hydrogen-bond acceptors (Lipinski definition) is 5. The van der Waals surface area contributed by atoms with E-state index in [1.807, 2.05) is 13.8 Å². The Kier molecular flexibility index (Phi) is 6.07. The van der Waals surface area contributed by atoms with Crippen molar-refractivity contribution in [2.24, 2.45) is 10.9 Å². The molecule has 166 valence electrons. The molecule has 0 heterocycles. The van der Waals surface area contributed by atoms with Crippen LogP contribution in [-0.2, 0) is 10.0 Å². The molecule has 8 nitrogen and oxygen atoms in total. The minimum absolute atomic E-state index is 0.00336. The Morgan fingerprint density at radius 1 is 0.906 bits per heavy atom. The Bertz CT molecular complexity index is 1330. The van der Waals surface area contributed by atoms with E-state index >= 15 is 0 Å². The zero-order valence-electron chi connectivity index (χ0n) is 17.5. The average Bonchev–Trinajstić information content (AvgIpc) is 2.72. The van der Waals surface area contributed by atoms with Gasteiger partial charge in [-0.05, 0) is 64.6 Å². The molecular formula is C23H23N3O5S. The third kappa shape index (κ3) is 4.48. The van der Waals surface area contributed by atoms with Gasteiger partial charge in [-0.2, -0.15) is 0 Å². The molecule has 32 heavy (non-hydrogen) atoms. The molecule has 0 unspecified atom stereocenters. The number of carboxylic acid groups (broad SMARTS) is 1. The standard InChI is InChI=1S/C23H23N3O5S/c1-12(2)18-9-14(23(28)29)5-8-17(18)15-10-19(21(24)20(11-15)22(25)27)13-3-6-16(7-4-13)32(26,30)31/h3-12H,24H2,1-2H3,(H2,25,27)(H,28,29)(H2,26,30,31). The lowest BCUT2D eigenvalue weighted by Crippen LogP contribution is -2.14. The zero-order chi connectivity index (χ0) is 23.8. The molecule has 0 aliphatic rings. The lowest BCUT2D eigenvalue weighted by Gasteiger charge is -2.18. The van der Waals surface area contributed by atoms with Crippen LogP contribution in [0.5, 0.6) is 0 Å². The van der Waals surface area contributed by atoms with Crippen LogP contribution in [0.25, 0.3) is 22.3 Å². The van der Waals surface area contributed by atoms with Gasteiger partial charge in [0.05, 0.1) is 21.7 Å². The highest BCUT2D eigenvalue weighted by Gasteiger charge is 2.19. The van der Waals surface area contributed by atoms with Gasteiger partial charge in [-0.15, -0.1) is 0 Å². The quantitative estimate of drug-likeness (QED) is 0.418. The van der Waals surface area contributed by atoms with Crippen LogP contribution < -0.4 is 16.6 Å². The number of carbonyl (C=O) groups excluding carboxylic acids is 1. The monoisotopic (exact) mass is 453 g/mol. The van der Waals surface area contributed by atoms with Crippen molar-refractivity contribution in [3.63, 3.8) is 0 Å². The van der Waals surface area contributed by atoms with E-state index in [0.29, 0.717) is 16.7 Å². The maximum absolute atomic E-state index is 12.1. The lowest BCUT2D eigenvalue weighted by molar-refractivity contribution is 0.0696. The van der Waals surface area contributed by atoms with E-state index in [9.17, 15) is 23.1 Å². The summed E-state index contributed by atoms with van der Waals surface area (Å²) >= 11 is 0. The third-order valence-corrected chi connectivity index (χ3v) is 6.10. The minimum atomic E-state index is -3.86.